The fourth-order valence-corrected chi connectivity index (χ4v) is 1.24. The van der Waals surface area contributed by atoms with Crippen LogP contribution < -0.4 is 5.73 Å². The van der Waals surface area contributed by atoms with Crippen LogP contribution in [0.2, 0.25) is 0 Å². The van der Waals surface area contributed by atoms with Crippen LogP contribution in [0.3, 0.4) is 0 Å². The van der Waals surface area contributed by atoms with E-state index < -0.39 is 24.4 Å². The van der Waals surface area contributed by atoms with E-state index in [0.29, 0.717) is 5.47 Å². The van der Waals surface area contributed by atoms with Gasteiger partial charge in [-0.2, -0.15) is 0 Å². The molecule has 1 amide bonds. The van der Waals surface area contributed by atoms with Crippen LogP contribution >= 0.6 is 0 Å². The molecule has 1 aliphatic heterocycles. The van der Waals surface area contributed by atoms with Crippen molar-refractivity contribution in [1.29, 1.82) is 0 Å². The zero-order chi connectivity index (χ0) is 12.6. The maximum absolute atomic E-state index is 10.5. The highest BCUT2D eigenvalue weighted by atomic mass is 16.7. The molecule has 90 valence electrons. The second-order valence-corrected chi connectivity index (χ2v) is 4.85. The average molecular weight is 227 g/mol. The number of ether oxygens (including phenoxy) is 1. The van der Waals surface area contributed by atoms with E-state index in [4.69, 9.17) is 15.0 Å². The van der Waals surface area contributed by atoms with Crippen LogP contribution in [0.15, 0.2) is 12.1 Å². The molecule has 0 bridgehead atoms. The molecule has 5 nitrogen and oxygen atoms in total. The number of hydrogen-bond acceptors (Lipinski definition) is 4. The van der Waals surface area contributed by atoms with Gasteiger partial charge in [0.25, 0.3) is 0 Å². The number of hydrogen-bond donors (Lipinski definition) is 1. The summed E-state index contributed by atoms with van der Waals surface area (Å²) in [6, 6.07) is 0. The van der Waals surface area contributed by atoms with Gasteiger partial charge in [0.15, 0.2) is 0 Å². The molecule has 0 unspecified atom stereocenters. The van der Waals surface area contributed by atoms with Crippen LogP contribution in [-0.4, -0.2) is 31.0 Å². The van der Waals surface area contributed by atoms with Crippen molar-refractivity contribution in [3.8, 4) is 0 Å². The number of carbonyl (C=O) groups is 1. The number of rotatable bonds is 3. The summed E-state index contributed by atoms with van der Waals surface area (Å²) in [5, 5.41) is 0. The zero-order valence-electron chi connectivity index (χ0n) is 10.2. The molecule has 0 saturated carbocycles. The van der Waals surface area contributed by atoms with Gasteiger partial charge in [-0.25, -0.2) is 4.79 Å². The third-order valence-electron chi connectivity index (χ3n) is 2.99. The molecule has 0 spiro atoms. The summed E-state index contributed by atoms with van der Waals surface area (Å²) in [6.07, 6.45) is -0.835. The fraction of sp³-hybridized carbons (Fsp3) is 0.700. The van der Waals surface area contributed by atoms with Crippen LogP contribution in [0, 0.1) is 0 Å². The lowest BCUT2D eigenvalue weighted by Gasteiger charge is -2.32. The Morgan fingerprint density at radius 1 is 1.31 bits per heavy atom. The first-order valence-electron chi connectivity index (χ1n) is 5.11. The maximum atomic E-state index is 10.5. The predicted molar refractivity (Wildman–Crippen MR) is 60.8 cm³/mol. The van der Waals surface area contributed by atoms with Crippen LogP contribution in [0.5, 0.6) is 0 Å². The van der Waals surface area contributed by atoms with Crippen LogP contribution in [0.4, 0.5) is 4.79 Å². The number of nitrogens with two attached hydrogens (primary N) is 1. The minimum Gasteiger partial charge on any atom is -0.446 e. The van der Waals surface area contributed by atoms with Crippen molar-refractivity contribution in [1.82, 2.24) is 0 Å². The molecule has 6 heteroatoms. The fourth-order valence-electron chi connectivity index (χ4n) is 1.24. The minimum absolute atomic E-state index is 0.00611. The van der Waals surface area contributed by atoms with Crippen molar-refractivity contribution in [3.63, 3.8) is 0 Å². The molecule has 0 aliphatic carbocycles. The average Bonchev–Trinajstić information content (AvgIpc) is 2.32. The summed E-state index contributed by atoms with van der Waals surface area (Å²) < 4.78 is 16.0. The van der Waals surface area contributed by atoms with E-state index in [1.807, 2.05) is 27.7 Å². The Kier molecular flexibility index (Phi) is 3.35. The predicted octanol–water partition coefficient (Wildman–Crippen LogP) is 1.27. The first-order valence-corrected chi connectivity index (χ1v) is 5.11. The summed E-state index contributed by atoms with van der Waals surface area (Å²) in [6.45, 7) is 11.5. The molecule has 16 heavy (non-hydrogen) atoms. The second kappa shape index (κ2) is 4.10. The maximum Gasteiger partial charge on any atom is 0.493 e. The Morgan fingerprint density at radius 3 is 2.12 bits per heavy atom. The van der Waals surface area contributed by atoms with Crippen molar-refractivity contribution in [3.05, 3.63) is 12.1 Å². The Labute approximate surface area is 96.1 Å². The standard InChI is InChI=1S/C10H18BNO4/c1-7(6-14-8(12)13)11-15-9(2,3)10(4,5)16-11/h1,6H2,2-5H3,(H2,12,13). The zero-order valence-corrected chi connectivity index (χ0v) is 10.2. The first kappa shape index (κ1) is 13.1. The topological polar surface area (TPSA) is 70.8 Å². The largest absolute Gasteiger partial charge is 0.493 e. The van der Waals surface area contributed by atoms with Gasteiger partial charge in [-0.3, -0.25) is 0 Å². The van der Waals surface area contributed by atoms with Crippen molar-refractivity contribution < 1.29 is 18.8 Å². The second-order valence-electron chi connectivity index (χ2n) is 4.85. The van der Waals surface area contributed by atoms with E-state index in [9.17, 15) is 4.79 Å². The smallest absolute Gasteiger partial charge is 0.446 e. The van der Waals surface area contributed by atoms with Gasteiger partial charge in [-0.15, -0.1) is 0 Å². The van der Waals surface area contributed by atoms with Crippen LogP contribution in [0.1, 0.15) is 27.7 Å². The highest BCUT2D eigenvalue weighted by Gasteiger charge is 2.52. The molecular weight excluding hydrogens is 209 g/mol. The third kappa shape index (κ3) is 2.57. The number of carbonyl (C=O) groups excluding carboxylic acids is 1. The van der Waals surface area contributed by atoms with Gasteiger partial charge in [-0.1, -0.05) is 6.58 Å². The van der Waals surface area contributed by atoms with E-state index in [1.165, 1.54) is 0 Å². The van der Waals surface area contributed by atoms with Gasteiger partial charge >= 0.3 is 13.2 Å². The Hall–Kier alpha value is -1.01. The first-order chi connectivity index (χ1) is 7.16. The van der Waals surface area contributed by atoms with Crippen molar-refractivity contribution in [2.75, 3.05) is 6.61 Å². The molecule has 0 aromatic carbocycles. The Morgan fingerprint density at radius 2 is 1.75 bits per heavy atom. The summed E-state index contributed by atoms with van der Waals surface area (Å²) in [7, 11) is -0.565. The van der Waals surface area contributed by atoms with Crippen molar-refractivity contribution in [2.24, 2.45) is 5.73 Å². The van der Waals surface area contributed by atoms with Gasteiger partial charge < -0.3 is 19.8 Å². The van der Waals surface area contributed by atoms with E-state index in [1.54, 1.807) is 0 Å². The summed E-state index contributed by atoms with van der Waals surface area (Å²) in [5.74, 6) is 0. The molecule has 1 heterocycles. The molecule has 0 radical (unpaired) electrons. The SMILES string of the molecule is C=C(COC(N)=O)B1OC(C)(C)C(C)(C)O1. The molecule has 0 aromatic heterocycles. The molecule has 1 rings (SSSR count). The highest BCUT2D eigenvalue weighted by Crippen LogP contribution is 2.38. The lowest BCUT2D eigenvalue weighted by Crippen LogP contribution is -2.41. The van der Waals surface area contributed by atoms with Crippen molar-refractivity contribution in [2.45, 2.75) is 38.9 Å². The van der Waals surface area contributed by atoms with Gasteiger partial charge in [-0.05, 0) is 33.2 Å². The molecule has 1 aliphatic rings. The molecule has 0 aromatic rings. The van der Waals surface area contributed by atoms with Crippen LogP contribution in [-0.2, 0) is 14.0 Å². The van der Waals surface area contributed by atoms with Crippen LogP contribution in [0.25, 0.3) is 0 Å². The van der Waals surface area contributed by atoms with Crippen molar-refractivity contribution >= 4 is 13.2 Å². The van der Waals surface area contributed by atoms with Gasteiger partial charge in [0.05, 0.1) is 11.2 Å². The quantitative estimate of drug-likeness (QED) is 0.737. The highest BCUT2D eigenvalue weighted by molar-refractivity contribution is 6.54. The third-order valence-corrected chi connectivity index (χ3v) is 2.99. The summed E-state index contributed by atoms with van der Waals surface area (Å²) >= 11 is 0. The molecule has 1 saturated heterocycles. The normalized spacial score (nSPS) is 21.9. The minimum atomic E-state index is -0.835. The summed E-state index contributed by atoms with van der Waals surface area (Å²) in [5.41, 5.74) is 4.55. The summed E-state index contributed by atoms with van der Waals surface area (Å²) in [4.78, 5) is 10.5. The molecule has 1 fully saturated rings. The molecular formula is C10H18BNO4. The number of amides is 1. The lowest BCUT2D eigenvalue weighted by molar-refractivity contribution is 0.00578. The Balaban J connectivity index is 2.59. The van der Waals surface area contributed by atoms with Gasteiger partial charge in [0.1, 0.15) is 6.61 Å². The molecule has 2 N–H and O–H groups in total. The lowest BCUT2D eigenvalue weighted by atomic mass is 9.80. The van der Waals surface area contributed by atoms with Gasteiger partial charge in [0, 0.05) is 0 Å². The molecule has 0 atom stereocenters. The van der Waals surface area contributed by atoms with E-state index in [-0.39, 0.29) is 6.61 Å². The van der Waals surface area contributed by atoms with E-state index in [0.717, 1.165) is 0 Å². The van der Waals surface area contributed by atoms with E-state index >= 15 is 0 Å². The Bertz CT molecular complexity index is 298. The van der Waals surface area contributed by atoms with Gasteiger partial charge in [0.2, 0.25) is 0 Å². The number of primary amides is 1. The monoisotopic (exact) mass is 227 g/mol. The van der Waals surface area contributed by atoms with E-state index in [2.05, 4.69) is 11.3 Å².